The van der Waals surface area contributed by atoms with Crippen molar-refractivity contribution in [3.63, 3.8) is 0 Å². The summed E-state index contributed by atoms with van der Waals surface area (Å²) < 4.78 is 1.25. The summed E-state index contributed by atoms with van der Waals surface area (Å²) in [5.74, 6) is 1.20. The van der Waals surface area contributed by atoms with E-state index in [0.717, 1.165) is 60.0 Å². The number of hydrogen-bond donors (Lipinski definition) is 1. The van der Waals surface area contributed by atoms with Crippen LogP contribution in [0.25, 0.3) is 43.4 Å². The molecule has 0 fully saturated rings. The minimum Gasteiger partial charge on any atom is -0.512 e. The summed E-state index contributed by atoms with van der Waals surface area (Å²) in [4.78, 5) is 22.6. The molecule has 5 rings (SSSR count). The van der Waals surface area contributed by atoms with Crippen molar-refractivity contribution in [3.8, 4) is 22.5 Å². The summed E-state index contributed by atoms with van der Waals surface area (Å²) in [7, 11) is 0. The van der Waals surface area contributed by atoms with Crippen molar-refractivity contribution < 1.29 is 30.0 Å². The third kappa shape index (κ3) is 10.4. The molecule has 5 aromatic rings. The summed E-state index contributed by atoms with van der Waals surface area (Å²) >= 11 is 1.85. The summed E-state index contributed by atoms with van der Waals surface area (Å²) in [6, 6.07) is 23.1. The fourth-order valence-electron chi connectivity index (χ4n) is 6.17. The number of aromatic nitrogens is 2. The molecule has 0 unspecified atom stereocenters. The van der Waals surface area contributed by atoms with Gasteiger partial charge in [-0.2, -0.15) is 0 Å². The second-order valence-electron chi connectivity index (χ2n) is 14.2. The van der Waals surface area contributed by atoms with Crippen molar-refractivity contribution in [2.24, 2.45) is 17.8 Å². The summed E-state index contributed by atoms with van der Waals surface area (Å²) in [5.41, 5.74) is 5.36. The Morgan fingerprint density at radius 2 is 1.57 bits per heavy atom. The second kappa shape index (κ2) is 18.2. The molecule has 0 amide bonds. The van der Waals surface area contributed by atoms with Gasteiger partial charge in [0.05, 0.1) is 16.2 Å². The molecule has 0 saturated carbocycles. The maximum absolute atomic E-state index is 11.7. The van der Waals surface area contributed by atoms with Gasteiger partial charge < -0.3 is 5.11 Å². The van der Waals surface area contributed by atoms with Crippen molar-refractivity contribution in [2.45, 2.75) is 99.8 Å². The fourth-order valence-corrected chi connectivity index (χ4v) is 7.39. The van der Waals surface area contributed by atoms with Gasteiger partial charge in [0.2, 0.25) is 0 Å². The van der Waals surface area contributed by atoms with Crippen LogP contribution in [0.15, 0.2) is 78.8 Å². The molecule has 4 nitrogen and oxygen atoms in total. The Morgan fingerprint density at radius 1 is 0.898 bits per heavy atom. The van der Waals surface area contributed by atoms with E-state index in [4.69, 9.17) is 9.97 Å². The predicted molar refractivity (Wildman–Crippen MR) is 206 cm³/mol. The Hall–Kier alpha value is -3.18. The normalized spacial score (nSPS) is 12.0. The second-order valence-corrected chi connectivity index (χ2v) is 15.4. The number of allylic oxidation sites excluding steroid dienone is 2. The van der Waals surface area contributed by atoms with Gasteiger partial charge in [0.25, 0.3) is 0 Å². The molecular formula is C43H53IrN2O2S-. The van der Waals surface area contributed by atoms with E-state index in [2.05, 4.69) is 89.2 Å². The van der Waals surface area contributed by atoms with E-state index in [-0.39, 0.29) is 48.9 Å². The van der Waals surface area contributed by atoms with Crippen LogP contribution in [0.1, 0.15) is 98.4 Å². The molecule has 0 aliphatic carbocycles. The minimum absolute atomic E-state index is 0. The summed E-state index contributed by atoms with van der Waals surface area (Å²) in [6.45, 7) is 19.4. The average molecular weight is 854 g/mol. The van der Waals surface area contributed by atoms with Crippen molar-refractivity contribution in [1.82, 2.24) is 9.97 Å². The first-order valence-corrected chi connectivity index (χ1v) is 18.4. The van der Waals surface area contributed by atoms with E-state index in [1.165, 1.54) is 32.0 Å². The smallest absolute Gasteiger partial charge is 0.162 e. The quantitative estimate of drug-likeness (QED) is 0.0817. The number of aliphatic hydroxyl groups excluding tert-OH is 1. The SMILES string of the molecule is CC(C)Cc1cc2cc(-c3ccnc(-c4[c-]c5ccccc5c(C(C)(C)C)c4)c3)ncc2s1.CCC(CC)C(=O)/C=C(\O)C(CC)CC.[Ir]. The number of carbonyl (C=O) groups is 1. The molecule has 0 saturated heterocycles. The maximum atomic E-state index is 11.7. The van der Waals surface area contributed by atoms with Gasteiger partial charge >= 0.3 is 0 Å². The Bertz CT molecular complexity index is 1860. The number of hydrogen-bond acceptors (Lipinski definition) is 5. The molecule has 263 valence electrons. The number of thiophene rings is 1. The Morgan fingerprint density at radius 3 is 2.20 bits per heavy atom. The van der Waals surface area contributed by atoms with Crippen LogP contribution in [-0.2, 0) is 36.7 Å². The molecule has 3 aromatic heterocycles. The van der Waals surface area contributed by atoms with E-state index >= 15 is 0 Å². The van der Waals surface area contributed by atoms with E-state index in [9.17, 15) is 9.90 Å². The monoisotopic (exact) mass is 854 g/mol. The number of nitrogens with zero attached hydrogens (tertiary/aromatic N) is 2. The van der Waals surface area contributed by atoms with Crippen molar-refractivity contribution in [2.75, 3.05) is 0 Å². The number of carbonyl (C=O) groups excluding carboxylic acids is 1. The first kappa shape index (κ1) is 40.3. The van der Waals surface area contributed by atoms with Gasteiger partial charge in [-0.15, -0.1) is 40.5 Å². The molecule has 3 heterocycles. The standard InChI is InChI=1S/C30H29N2S.C13H24O2.Ir/c1-19(2)12-24-14-23-17-27(32-18-29(23)33-24)21-10-11-31-28(16-21)22-13-20-8-6-7-9-25(20)26(15-22)30(3,4)5;1-5-10(6-2)12(14)9-13(15)11(7-3)8-4;/h6-11,14-19H,12H2,1-5H3;9-11,14H,5-8H2,1-4H3;/q-1;;/b;12-9-;. The van der Waals surface area contributed by atoms with E-state index in [1.807, 2.05) is 57.5 Å². The van der Waals surface area contributed by atoms with Gasteiger partial charge in [-0.05, 0) is 72.6 Å². The third-order valence-electron chi connectivity index (χ3n) is 9.06. The van der Waals surface area contributed by atoms with Crippen LogP contribution in [0.2, 0.25) is 0 Å². The molecule has 2 aromatic carbocycles. The van der Waals surface area contributed by atoms with Gasteiger partial charge in [0.15, 0.2) is 5.78 Å². The largest absolute Gasteiger partial charge is 0.512 e. The zero-order chi connectivity index (χ0) is 35.0. The van der Waals surface area contributed by atoms with E-state index in [1.54, 1.807) is 0 Å². The zero-order valence-electron chi connectivity index (χ0n) is 30.7. The molecule has 1 N–H and O–H groups in total. The zero-order valence-corrected chi connectivity index (χ0v) is 33.9. The van der Waals surface area contributed by atoms with Crippen LogP contribution in [0.3, 0.4) is 0 Å². The topological polar surface area (TPSA) is 63.1 Å². The van der Waals surface area contributed by atoms with Crippen molar-refractivity contribution >= 4 is 38.0 Å². The van der Waals surface area contributed by atoms with Gasteiger partial charge in [0, 0.05) is 61.0 Å². The maximum Gasteiger partial charge on any atom is 0.162 e. The van der Waals surface area contributed by atoms with E-state index < -0.39 is 0 Å². The predicted octanol–water partition coefficient (Wildman–Crippen LogP) is 12.3. The van der Waals surface area contributed by atoms with Crippen LogP contribution in [0, 0.1) is 23.8 Å². The van der Waals surface area contributed by atoms with Crippen LogP contribution in [0.4, 0.5) is 0 Å². The van der Waals surface area contributed by atoms with Crippen LogP contribution in [0.5, 0.6) is 0 Å². The summed E-state index contributed by atoms with van der Waals surface area (Å²) in [6.07, 6.45) is 9.92. The molecule has 0 atom stereocenters. The first-order valence-electron chi connectivity index (χ1n) is 17.6. The third-order valence-corrected chi connectivity index (χ3v) is 10.2. The average Bonchev–Trinajstić information content (AvgIpc) is 3.46. The molecule has 0 aliphatic rings. The molecule has 49 heavy (non-hydrogen) atoms. The number of aliphatic hydroxyl groups is 1. The Labute approximate surface area is 311 Å². The van der Waals surface area contributed by atoms with Crippen molar-refractivity contribution in [3.05, 3.63) is 95.3 Å². The first-order chi connectivity index (χ1) is 22.9. The molecule has 0 spiro atoms. The number of benzene rings is 2. The Balaban J connectivity index is 0.000000347. The number of ketones is 1. The van der Waals surface area contributed by atoms with Gasteiger partial charge in [-0.3, -0.25) is 14.8 Å². The Kier molecular flexibility index (Phi) is 14.9. The van der Waals surface area contributed by atoms with E-state index in [0.29, 0.717) is 5.92 Å². The molecular weight excluding hydrogens is 801 g/mol. The van der Waals surface area contributed by atoms with Crippen molar-refractivity contribution in [1.29, 1.82) is 0 Å². The van der Waals surface area contributed by atoms with Gasteiger partial charge in [0.1, 0.15) is 0 Å². The van der Waals surface area contributed by atoms with Crippen LogP contribution >= 0.6 is 11.3 Å². The minimum atomic E-state index is 0. The molecule has 0 bridgehead atoms. The molecule has 0 aliphatic heterocycles. The number of fused-ring (bicyclic) bond motifs is 2. The molecule has 1 radical (unpaired) electrons. The summed E-state index contributed by atoms with van der Waals surface area (Å²) in [5, 5.41) is 13.4. The molecule has 6 heteroatoms. The number of rotatable bonds is 11. The number of pyridine rings is 2. The van der Waals surface area contributed by atoms with Gasteiger partial charge in [-0.1, -0.05) is 97.5 Å². The van der Waals surface area contributed by atoms with Crippen LogP contribution < -0.4 is 0 Å². The van der Waals surface area contributed by atoms with Crippen LogP contribution in [-0.4, -0.2) is 20.9 Å². The van der Waals surface area contributed by atoms with Gasteiger partial charge in [-0.25, -0.2) is 0 Å². The fraction of sp³-hybridized carbons (Fsp3) is 0.419.